The van der Waals surface area contributed by atoms with Crippen molar-refractivity contribution in [2.45, 2.75) is 13.3 Å². The Morgan fingerprint density at radius 3 is 3.05 bits per heavy atom. The molecule has 0 aliphatic carbocycles. The van der Waals surface area contributed by atoms with Crippen LogP contribution < -0.4 is 0 Å². The lowest BCUT2D eigenvalue weighted by molar-refractivity contribution is -0.384. The van der Waals surface area contributed by atoms with Crippen LogP contribution in [0.1, 0.15) is 19.0 Å². The molecule has 0 unspecified atom stereocenters. The SMILES string of the molecule is CCOC(=O)CC#Cc1[nH]nc2cc([N+](=O)[O-])ccc12. The van der Waals surface area contributed by atoms with E-state index in [4.69, 9.17) is 4.74 Å². The highest BCUT2D eigenvalue weighted by molar-refractivity contribution is 5.86. The first-order valence-corrected chi connectivity index (χ1v) is 5.89. The second-order valence-electron chi connectivity index (χ2n) is 3.84. The van der Waals surface area contributed by atoms with Crippen LogP contribution in [0.25, 0.3) is 10.9 Å². The molecule has 1 N–H and O–H groups in total. The predicted molar refractivity (Wildman–Crippen MR) is 70.9 cm³/mol. The molecule has 0 atom stereocenters. The zero-order valence-electron chi connectivity index (χ0n) is 10.7. The van der Waals surface area contributed by atoms with E-state index in [0.717, 1.165) is 0 Å². The molecule has 2 aromatic rings. The van der Waals surface area contributed by atoms with Gasteiger partial charge in [-0.25, -0.2) is 0 Å². The van der Waals surface area contributed by atoms with E-state index in [1.54, 1.807) is 13.0 Å². The maximum absolute atomic E-state index is 11.1. The van der Waals surface area contributed by atoms with Crippen molar-refractivity contribution in [3.05, 3.63) is 34.0 Å². The molecule has 0 radical (unpaired) electrons. The number of benzene rings is 1. The number of hydrogen-bond acceptors (Lipinski definition) is 5. The number of fused-ring (bicyclic) bond motifs is 1. The summed E-state index contributed by atoms with van der Waals surface area (Å²) in [4.78, 5) is 21.3. The first-order chi connectivity index (χ1) is 9.61. The molecule has 0 spiro atoms. The molecule has 102 valence electrons. The molecule has 0 amide bonds. The van der Waals surface area contributed by atoms with Gasteiger partial charge in [-0.05, 0) is 18.9 Å². The van der Waals surface area contributed by atoms with Gasteiger partial charge >= 0.3 is 5.97 Å². The smallest absolute Gasteiger partial charge is 0.317 e. The first kappa shape index (κ1) is 13.5. The number of aromatic amines is 1. The molecule has 0 fully saturated rings. The molecule has 1 heterocycles. The lowest BCUT2D eigenvalue weighted by Crippen LogP contribution is -2.01. The third-order valence-electron chi connectivity index (χ3n) is 2.50. The largest absolute Gasteiger partial charge is 0.465 e. The van der Waals surface area contributed by atoms with Gasteiger partial charge in [0.05, 0.1) is 11.5 Å². The zero-order valence-corrected chi connectivity index (χ0v) is 10.7. The minimum atomic E-state index is -0.486. The summed E-state index contributed by atoms with van der Waals surface area (Å²) in [5.41, 5.74) is 0.939. The molecular formula is C13H11N3O4. The number of ether oxygens (including phenoxy) is 1. The average molecular weight is 273 g/mol. The maximum Gasteiger partial charge on any atom is 0.317 e. The number of nitrogens with one attached hydrogen (secondary N) is 1. The molecule has 0 saturated heterocycles. The zero-order chi connectivity index (χ0) is 14.5. The number of H-pyrrole nitrogens is 1. The van der Waals surface area contributed by atoms with E-state index in [1.807, 2.05) is 0 Å². The fraction of sp³-hybridized carbons (Fsp3) is 0.231. The summed E-state index contributed by atoms with van der Waals surface area (Å²) in [5.74, 6) is 5.05. The maximum atomic E-state index is 11.1. The van der Waals surface area contributed by atoms with Crippen molar-refractivity contribution >= 4 is 22.6 Å². The third kappa shape index (κ3) is 2.92. The van der Waals surface area contributed by atoms with E-state index in [1.165, 1.54) is 12.1 Å². The number of rotatable bonds is 3. The number of nitro benzene ring substituents is 1. The van der Waals surface area contributed by atoms with Crippen molar-refractivity contribution in [1.29, 1.82) is 0 Å². The lowest BCUT2D eigenvalue weighted by atomic mass is 10.2. The van der Waals surface area contributed by atoms with Crippen molar-refractivity contribution in [2.75, 3.05) is 6.61 Å². The minimum absolute atomic E-state index is 0.0126. The van der Waals surface area contributed by atoms with Crippen LogP contribution >= 0.6 is 0 Å². The van der Waals surface area contributed by atoms with Crippen molar-refractivity contribution < 1.29 is 14.5 Å². The number of carbonyl (C=O) groups excluding carboxylic acids is 1. The van der Waals surface area contributed by atoms with Crippen LogP contribution in [0, 0.1) is 22.0 Å². The van der Waals surface area contributed by atoms with Crippen molar-refractivity contribution in [1.82, 2.24) is 10.2 Å². The lowest BCUT2D eigenvalue weighted by Gasteiger charge is -1.94. The molecule has 7 nitrogen and oxygen atoms in total. The standard InChI is InChI=1S/C13H11N3O4/c1-2-20-13(17)5-3-4-11-10-7-6-9(16(18)19)8-12(10)15-14-11/h6-8H,2,5H2,1H3,(H,14,15). The van der Waals surface area contributed by atoms with E-state index in [-0.39, 0.29) is 18.1 Å². The summed E-state index contributed by atoms with van der Waals surface area (Å²) < 4.78 is 4.75. The highest BCUT2D eigenvalue weighted by Crippen LogP contribution is 2.20. The Labute approximate surface area is 114 Å². The predicted octanol–water partition coefficient (Wildman–Crippen LogP) is 1.78. The Balaban J connectivity index is 2.22. The number of hydrogen-bond donors (Lipinski definition) is 1. The molecule has 20 heavy (non-hydrogen) atoms. The molecule has 0 bridgehead atoms. The molecule has 0 aliphatic heterocycles. The summed E-state index contributed by atoms with van der Waals surface area (Å²) in [6, 6.07) is 4.32. The van der Waals surface area contributed by atoms with Gasteiger partial charge in [0.2, 0.25) is 0 Å². The Kier molecular flexibility index (Phi) is 3.96. The highest BCUT2D eigenvalue weighted by Gasteiger charge is 2.10. The molecule has 7 heteroatoms. The van der Waals surface area contributed by atoms with Crippen LogP contribution in [0.2, 0.25) is 0 Å². The number of carbonyl (C=O) groups is 1. The summed E-state index contributed by atoms with van der Waals surface area (Å²) in [5, 5.41) is 18.0. The molecule has 1 aromatic carbocycles. The molecule has 0 aliphatic rings. The number of esters is 1. The first-order valence-electron chi connectivity index (χ1n) is 5.89. The van der Waals surface area contributed by atoms with E-state index in [0.29, 0.717) is 23.2 Å². The minimum Gasteiger partial charge on any atom is -0.465 e. The normalized spacial score (nSPS) is 9.85. The summed E-state index contributed by atoms with van der Waals surface area (Å²) in [6.45, 7) is 2.04. The van der Waals surface area contributed by atoms with Gasteiger partial charge in [-0.3, -0.25) is 20.0 Å². The Morgan fingerprint density at radius 2 is 2.35 bits per heavy atom. The monoisotopic (exact) mass is 273 g/mol. The van der Waals surface area contributed by atoms with Crippen molar-refractivity contribution in [2.24, 2.45) is 0 Å². The van der Waals surface area contributed by atoms with Gasteiger partial charge in [-0.15, -0.1) is 0 Å². The summed E-state index contributed by atoms with van der Waals surface area (Å²) in [7, 11) is 0. The van der Waals surface area contributed by atoms with Gasteiger partial charge < -0.3 is 4.74 Å². The number of non-ortho nitro benzene ring substituents is 1. The highest BCUT2D eigenvalue weighted by atomic mass is 16.6. The van der Waals surface area contributed by atoms with Crippen LogP contribution in [0.15, 0.2) is 18.2 Å². The molecule has 0 saturated carbocycles. The van der Waals surface area contributed by atoms with Gasteiger partial charge in [0.1, 0.15) is 17.6 Å². The Hall–Kier alpha value is -2.88. The fourth-order valence-electron chi connectivity index (χ4n) is 1.63. The van der Waals surface area contributed by atoms with Crippen LogP contribution in [-0.2, 0) is 9.53 Å². The summed E-state index contributed by atoms with van der Waals surface area (Å²) in [6.07, 6.45) is -0.0126. The Bertz CT molecular complexity index is 724. The summed E-state index contributed by atoms with van der Waals surface area (Å²) >= 11 is 0. The topological polar surface area (TPSA) is 98.1 Å². The second-order valence-corrected chi connectivity index (χ2v) is 3.84. The van der Waals surface area contributed by atoms with E-state index < -0.39 is 4.92 Å². The Morgan fingerprint density at radius 1 is 1.55 bits per heavy atom. The molecule has 2 rings (SSSR count). The van der Waals surface area contributed by atoms with Crippen LogP contribution in [0.4, 0.5) is 5.69 Å². The van der Waals surface area contributed by atoms with Gasteiger partial charge in [0.15, 0.2) is 0 Å². The quantitative estimate of drug-likeness (QED) is 0.398. The number of nitrogens with zero attached hydrogens (tertiary/aromatic N) is 2. The van der Waals surface area contributed by atoms with Crippen LogP contribution in [0.5, 0.6) is 0 Å². The molecular weight excluding hydrogens is 262 g/mol. The second kappa shape index (κ2) is 5.84. The van der Waals surface area contributed by atoms with Gasteiger partial charge in [0, 0.05) is 17.5 Å². The van der Waals surface area contributed by atoms with Gasteiger partial charge in [0.25, 0.3) is 5.69 Å². The van der Waals surface area contributed by atoms with Crippen LogP contribution in [-0.4, -0.2) is 27.7 Å². The number of aromatic nitrogens is 2. The third-order valence-corrected chi connectivity index (χ3v) is 2.50. The fourth-order valence-corrected chi connectivity index (χ4v) is 1.63. The van der Waals surface area contributed by atoms with E-state index in [9.17, 15) is 14.9 Å². The van der Waals surface area contributed by atoms with E-state index >= 15 is 0 Å². The molecule has 1 aromatic heterocycles. The number of nitro groups is 1. The van der Waals surface area contributed by atoms with Gasteiger partial charge in [-0.2, -0.15) is 5.10 Å². The average Bonchev–Trinajstić information content (AvgIpc) is 2.81. The van der Waals surface area contributed by atoms with Crippen molar-refractivity contribution in [3.63, 3.8) is 0 Å². The van der Waals surface area contributed by atoms with Crippen LogP contribution in [0.3, 0.4) is 0 Å². The van der Waals surface area contributed by atoms with E-state index in [2.05, 4.69) is 22.0 Å². The van der Waals surface area contributed by atoms with Crippen molar-refractivity contribution in [3.8, 4) is 11.8 Å². The van der Waals surface area contributed by atoms with Gasteiger partial charge in [-0.1, -0.05) is 5.92 Å².